The van der Waals surface area contributed by atoms with E-state index in [-0.39, 0.29) is 0 Å². The average Bonchev–Trinajstić information content (AvgIpc) is 3.36. The third-order valence-corrected chi connectivity index (χ3v) is 4.89. The van der Waals surface area contributed by atoms with Crippen LogP contribution in [-0.2, 0) is 6.54 Å². The van der Waals surface area contributed by atoms with Crippen LogP contribution in [0.25, 0.3) is 0 Å². The molecule has 0 aliphatic heterocycles. The molecule has 0 amide bonds. The lowest BCUT2D eigenvalue weighted by atomic mass is 10.1. The molecule has 0 atom stereocenters. The number of hydrogen-bond donors (Lipinski definition) is 1. The van der Waals surface area contributed by atoms with E-state index in [4.69, 9.17) is 0 Å². The average molecular weight is 272 g/mol. The molecule has 0 bridgehead atoms. The quantitative estimate of drug-likeness (QED) is 0.765. The molecule has 2 nitrogen and oxygen atoms in total. The number of hydrogen-bond acceptors (Lipinski definition) is 2. The van der Waals surface area contributed by atoms with Gasteiger partial charge in [-0.15, -0.1) is 0 Å². The molecule has 0 unspecified atom stereocenters. The van der Waals surface area contributed by atoms with E-state index in [0.717, 1.165) is 37.5 Å². The maximum absolute atomic E-state index is 3.90. The Labute approximate surface area is 123 Å². The van der Waals surface area contributed by atoms with Gasteiger partial charge in [-0.2, -0.15) is 0 Å². The Bertz CT molecular complexity index is 419. The highest BCUT2D eigenvalue weighted by Gasteiger charge is 2.41. The number of anilines is 1. The van der Waals surface area contributed by atoms with E-state index >= 15 is 0 Å². The second-order valence-electron chi connectivity index (χ2n) is 6.46. The Balaban J connectivity index is 1.71. The topological polar surface area (TPSA) is 15.3 Å². The fraction of sp³-hybridized carbons (Fsp3) is 0.667. The van der Waals surface area contributed by atoms with Gasteiger partial charge >= 0.3 is 0 Å². The lowest BCUT2D eigenvalue weighted by molar-refractivity contribution is 0.296. The first-order valence-electron chi connectivity index (χ1n) is 8.38. The summed E-state index contributed by atoms with van der Waals surface area (Å²) in [4.78, 5) is 2.49. The Kier molecular flexibility index (Phi) is 4.30. The molecule has 110 valence electrons. The summed E-state index contributed by atoms with van der Waals surface area (Å²) in [6.07, 6.45) is 5.75. The summed E-state index contributed by atoms with van der Waals surface area (Å²) in [7, 11) is 0. The van der Waals surface area contributed by atoms with Gasteiger partial charge in [-0.25, -0.2) is 0 Å². The maximum atomic E-state index is 3.90. The van der Waals surface area contributed by atoms with E-state index in [1.165, 1.54) is 36.9 Å². The Morgan fingerprint density at radius 2 is 1.65 bits per heavy atom. The number of para-hydroxylation sites is 1. The minimum atomic E-state index is 0.743. The molecule has 2 fully saturated rings. The van der Waals surface area contributed by atoms with Crippen molar-refractivity contribution in [3.05, 3.63) is 29.8 Å². The van der Waals surface area contributed by atoms with Crippen LogP contribution in [0.1, 0.15) is 45.1 Å². The minimum Gasteiger partial charge on any atom is -0.381 e. The summed E-state index contributed by atoms with van der Waals surface area (Å²) in [6, 6.07) is 9.65. The van der Waals surface area contributed by atoms with Crippen LogP contribution >= 0.6 is 0 Å². The van der Waals surface area contributed by atoms with Crippen LogP contribution in [-0.4, -0.2) is 24.0 Å². The Morgan fingerprint density at radius 1 is 1.05 bits per heavy atom. The summed E-state index contributed by atoms with van der Waals surface area (Å²) in [5.41, 5.74) is 2.84. The first-order chi connectivity index (χ1) is 9.81. The molecule has 1 aromatic carbocycles. The molecule has 2 saturated carbocycles. The maximum Gasteiger partial charge on any atom is 0.0388 e. The summed E-state index contributed by atoms with van der Waals surface area (Å²) in [5.74, 6) is 1.90. The molecule has 0 spiro atoms. The number of nitrogens with one attached hydrogen (secondary N) is 1. The van der Waals surface area contributed by atoms with Gasteiger partial charge in [-0.3, -0.25) is 4.90 Å². The summed E-state index contributed by atoms with van der Waals surface area (Å²) >= 11 is 0. The first kappa shape index (κ1) is 13.9. The van der Waals surface area contributed by atoms with Crippen molar-refractivity contribution in [2.45, 2.75) is 52.1 Å². The second kappa shape index (κ2) is 6.17. The normalized spacial score (nSPS) is 18.8. The SMILES string of the molecule is CCN(CC)Cc1ccccc1NC(C1CC1)C1CC1. The van der Waals surface area contributed by atoms with E-state index in [0.29, 0.717) is 0 Å². The van der Waals surface area contributed by atoms with Crippen LogP contribution in [0.15, 0.2) is 24.3 Å². The van der Waals surface area contributed by atoms with Gasteiger partial charge in [0.1, 0.15) is 0 Å². The second-order valence-corrected chi connectivity index (χ2v) is 6.46. The van der Waals surface area contributed by atoms with Crippen molar-refractivity contribution in [2.75, 3.05) is 18.4 Å². The van der Waals surface area contributed by atoms with Gasteiger partial charge < -0.3 is 5.32 Å². The zero-order valence-electron chi connectivity index (χ0n) is 12.9. The third kappa shape index (κ3) is 3.35. The third-order valence-electron chi connectivity index (χ3n) is 4.89. The Hall–Kier alpha value is -1.02. The predicted octanol–water partition coefficient (Wildman–Crippen LogP) is 4.13. The molecule has 0 aromatic heterocycles. The molecule has 20 heavy (non-hydrogen) atoms. The molecule has 0 saturated heterocycles. The Morgan fingerprint density at radius 3 is 2.20 bits per heavy atom. The lowest BCUT2D eigenvalue weighted by Crippen LogP contribution is -2.27. The van der Waals surface area contributed by atoms with E-state index in [2.05, 4.69) is 48.3 Å². The van der Waals surface area contributed by atoms with Crippen molar-refractivity contribution in [3.63, 3.8) is 0 Å². The van der Waals surface area contributed by atoms with Gasteiger partial charge in [0, 0.05) is 18.3 Å². The fourth-order valence-corrected chi connectivity index (χ4v) is 3.20. The smallest absolute Gasteiger partial charge is 0.0388 e. The first-order valence-corrected chi connectivity index (χ1v) is 8.38. The van der Waals surface area contributed by atoms with Crippen LogP contribution in [0, 0.1) is 11.8 Å². The molecule has 0 heterocycles. The van der Waals surface area contributed by atoms with Crippen LogP contribution in [0.2, 0.25) is 0 Å². The zero-order chi connectivity index (χ0) is 13.9. The lowest BCUT2D eigenvalue weighted by Gasteiger charge is -2.24. The van der Waals surface area contributed by atoms with E-state index < -0.39 is 0 Å². The van der Waals surface area contributed by atoms with Crippen molar-refractivity contribution >= 4 is 5.69 Å². The molecular formula is C18H28N2. The highest BCUT2D eigenvalue weighted by atomic mass is 15.1. The van der Waals surface area contributed by atoms with Gasteiger partial charge in [-0.05, 0) is 62.2 Å². The largest absolute Gasteiger partial charge is 0.381 e. The van der Waals surface area contributed by atoms with Crippen molar-refractivity contribution in [2.24, 2.45) is 11.8 Å². The molecule has 1 N–H and O–H groups in total. The van der Waals surface area contributed by atoms with Gasteiger partial charge in [0.2, 0.25) is 0 Å². The van der Waals surface area contributed by atoms with Gasteiger partial charge in [0.05, 0.1) is 0 Å². The van der Waals surface area contributed by atoms with E-state index in [1.807, 2.05) is 0 Å². The number of benzene rings is 1. The van der Waals surface area contributed by atoms with Crippen molar-refractivity contribution in [3.8, 4) is 0 Å². The van der Waals surface area contributed by atoms with Crippen LogP contribution < -0.4 is 5.32 Å². The molecular weight excluding hydrogens is 244 g/mol. The molecule has 3 rings (SSSR count). The van der Waals surface area contributed by atoms with Crippen LogP contribution in [0.3, 0.4) is 0 Å². The van der Waals surface area contributed by atoms with Gasteiger partial charge in [0.25, 0.3) is 0 Å². The van der Waals surface area contributed by atoms with Crippen molar-refractivity contribution in [1.82, 2.24) is 4.90 Å². The van der Waals surface area contributed by atoms with Gasteiger partial charge in [-0.1, -0.05) is 32.0 Å². The van der Waals surface area contributed by atoms with Gasteiger partial charge in [0.15, 0.2) is 0 Å². The van der Waals surface area contributed by atoms with Crippen LogP contribution in [0.5, 0.6) is 0 Å². The number of rotatable bonds is 8. The molecule has 2 heteroatoms. The minimum absolute atomic E-state index is 0.743. The van der Waals surface area contributed by atoms with E-state index in [1.54, 1.807) is 0 Å². The molecule has 1 aromatic rings. The molecule has 2 aliphatic carbocycles. The molecule has 2 aliphatic rings. The summed E-state index contributed by atoms with van der Waals surface area (Å²) < 4.78 is 0. The van der Waals surface area contributed by atoms with E-state index in [9.17, 15) is 0 Å². The highest BCUT2D eigenvalue weighted by Crippen LogP contribution is 2.46. The highest BCUT2D eigenvalue weighted by molar-refractivity contribution is 5.52. The predicted molar refractivity (Wildman–Crippen MR) is 85.9 cm³/mol. The standard InChI is InChI=1S/C18H28N2/c1-3-20(4-2)13-16-7-5-6-8-17(16)19-18(14-9-10-14)15-11-12-15/h5-8,14-15,18-19H,3-4,9-13H2,1-2H3. The van der Waals surface area contributed by atoms with Crippen LogP contribution in [0.4, 0.5) is 5.69 Å². The molecule has 0 radical (unpaired) electrons. The van der Waals surface area contributed by atoms with Crippen molar-refractivity contribution in [1.29, 1.82) is 0 Å². The zero-order valence-corrected chi connectivity index (χ0v) is 12.9. The number of nitrogens with zero attached hydrogens (tertiary/aromatic N) is 1. The monoisotopic (exact) mass is 272 g/mol. The summed E-state index contributed by atoms with van der Waals surface area (Å²) in [5, 5.41) is 3.90. The van der Waals surface area contributed by atoms with Crippen molar-refractivity contribution < 1.29 is 0 Å². The fourth-order valence-electron chi connectivity index (χ4n) is 3.20. The summed E-state index contributed by atoms with van der Waals surface area (Å²) in [6.45, 7) is 7.81.